The van der Waals surface area contributed by atoms with Crippen LogP contribution in [-0.2, 0) is 9.53 Å². The van der Waals surface area contributed by atoms with Gasteiger partial charge in [0.15, 0.2) is 0 Å². The molecular formula is C9H16O9. The third-order valence-corrected chi connectivity index (χ3v) is 2.80. The smallest absolute Gasteiger partial charge is 0.364 e. The quantitative estimate of drug-likeness (QED) is 0.268. The zero-order chi connectivity index (χ0) is 14.1. The molecule has 0 amide bonds. The average Bonchev–Trinajstić information content (AvgIpc) is 2.31. The van der Waals surface area contributed by atoms with Gasteiger partial charge in [0.1, 0.15) is 24.4 Å². The van der Waals surface area contributed by atoms with Gasteiger partial charge < -0.3 is 40.5 Å². The maximum absolute atomic E-state index is 10.8. The fourth-order valence-corrected chi connectivity index (χ4v) is 1.70. The first-order valence-corrected chi connectivity index (χ1v) is 5.19. The van der Waals surface area contributed by atoms with E-state index < -0.39 is 55.3 Å². The van der Waals surface area contributed by atoms with Gasteiger partial charge in [-0.3, -0.25) is 0 Å². The number of carboxylic acid groups (broad SMARTS) is 1. The van der Waals surface area contributed by atoms with Crippen LogP contribution in [0.15, 0.2) is 0 Å². The second-order valence-electron chi connectivity index (χ2n) is 4.17. The van der Waals surface area contributed by atoms with Gasteiger partial charge in [0.05, 0.1) is 12.7 Å². The number of carbonyl (C=O) groups is 1. The van der Waals surface area contributed by atoms with Crippen molar-refractivity contribution >= 4 is 5.97 Å². The van der Waals surface area contributed by atoms with Crippen LogP contribution in [-0.4, -0.2) is 84.6 Å². The van der Waals surface area contributed by atoms with E-state index in [1.54, 1.807) is 0 Å². The Morgan fingerprint density at radius 2 is 1.94 bits per heavy atom. The molecule has 1 heterocycles. The summed E-state index contributed by atoms with van der Waals surface area (Å²) in [6, 6.07) is 0. The predicted octanol–water partition coefficient (Wildman–Crippen LogP) is -4.02. The summed E-state index contributed by atoms with van der Waals surface area (Å²) in [4.78, 5) is 10.8. The Kier molecular flexibility index (Phi) is 4.61. The van der Waals surface area contributed by atoms with E-state index in [1.165, 1.54) is 0 Å². The zero-order valence-electron chi connectivity index (χ0n) is 9.25. The maximum Gasteiger partial charge on any atom is 0.364 e. The van der Waals surface area contributed by atoms with Gasteiger partial charge in [-0.25, -0.2) is 4.79 Å². The summed E-state index contributed by atoms with van der Waals surface area (Å²) in [5.74, 6) is -4.58. The van der Waals surface area contributed by atoms with Crippen molar-refractivity contribution < 1.29 is 45.3 Å². The van der Waals surface area contributed by atoms with Crippen LogP contribution in [0.2, 0.25) is 0 Å². The number of rotatable bonds is 4. The summed E-state index contributed by atoms with van der Waals surface area (Å²) in [5, 5.41) is 64.6. The van der Waals surface area contributed by atoms with Gasteiger partial charge in [0.2, 0.25) is 0 Å². The summed E-state index contributed by atoms with van der Waals surface area (Å²) in [5.41, 5.74) is 0. The number of aliphatic hydroxyl groups is 6. The number of carboxylic acids is 1. The molecule has 0 spiro atoms. The Hall–Kier alpha value is -0.810. The molecule has 9 nitrogen and oxygen atoms in total. The highest BCUT2D eigenvalue weighted by Gasteiger charge is 2.53. The molecule has 1 fully saturated rings. The molecule has 1 saturated heterocycles. The first kappa shape index (κ1) is 15.2. The summed E-state index contributed by atoms with van der Waals surface area (Å²) in [6.45, 7) is -0.866. The Balaban J connectivity index is 2.92. The molecule has 18 heavy (non-hydrogen) atoms. The van der Waals surface area contributed by atoms with Crippen LogP contribution in [0.25, 0.3) is 0 Å². The van der Waals surface area contributed by atoms with Crippen LogP contribution >= 0.6 is 0 Å². The van der Waals surface area contributed by atoms with Gasteiger partial charge >= 0.3 is 5.97 Å². The minimum absolute atomic E-state index is 0.790. The second kappa shape index (κ2) is 5.45. The number of hydrogen-bond donors (Lipinski definition) is 7. The highest BCUT2D eigenvalue weighted by Crippen LogP contribution is 2.30. The van der Waals surface area contributed by atoms with E-state index in [-0.39, 0.29) is 0 Å². The Bertz CT molecular complexity index is 308. The topological polar surface area (TPSA) is 168 Å². The molecule has 1 rings (SSSR count). The highest BCUT2D eigenvalue weighted by atomic mass is 16.7. The molecular weight excluding hydrogens is 252 g/mol. The zero-order valence-corrected chi connectivity index (χ0v) is 9.25. The molecule has 0 aromatic rings. The summed E-state index contributed by atoms with van der Waals surface area (Å²) < 4.78 is 4.63. The Labute approximate surface area is 101 Å². The van der Waals surface area contributed by atoms with Crippen LogP contribution in [0.1, 0.15) is 6.42 Å². The summed E-state index contributed by atoms with van der Waals surface area (Å²) in [6.07, 6.45) is -9.50. The lowest BCUT2D eigenvalue weighted by molar-refractivity contribution is -0.312. The Morgan fingerprint density at radius 3 is 2.39 bits per heavy atom. The van der Waals surface area contributed by atoms with Crippen molar-refractivity contribution in [1.82, 2.24) is 0 Å². The van der Waals surface area contributed by atoms with Gasteiger partial charge in [-0.2, -0.15) is 0 Å². The lowest BCUT2D eigenvalue weighted by Gasteiger charge is -2.42. The van der Waals surface area contributed by atoms with Crippen molar-refractivity contribution in [3.63, 3.8) is 0 Å². The lowest BCUT2D eigenvalue weighted by atomic mass is 9.91. The fourth-order valence-electron chi connectivity index (χ4n) is 1.70. The van der Waals surface area contributed by atoms with Crippen LogP contribution in [0.5, 0.6) is 0 Å². The average molecular weight is 268 g/mol. The van der Waals surface area contributed by atoms with Gasteiger partial charge in [-0.1, -0.05) is 0 Å². The molecule has 0 saturated carbocycles. The standard InChI is InChI=1S/C9H16O9/c10-2-4(12)6(14)7-5(13)3(11)1-9(17,18-7)8(15)16/h3-7,10-14,17H,1-2H2,(H,15,16)/t3-,4+,5+,6-,7+,9-/m1/s1. The molecule has 0 aliphatic carbocycles. The van der Waals surface area contributed by atoms with E-state index in [4.69, 9.17) is 10.2 Å². The molecule has 6 atom stereocenters. The monoisotopic (exact) mass is 268 g/mol. The predicted molar refractivity (Wildman–Crippen MR) is 53.2 cm³/mol. The molecule has 1 aliphatic rings. The minimum Gasteiger partial charge on any atom is -0.477 e. The van der Waals surface area contributed by atoms with E-state index in [9.17, 15) is 30.3 Å². The van der Waals surface area contributed by atoms with Crippen LogP contribution in [0.3, 0.4) is 0 Å². The van der Waals surface area contributed by atoms with E-state index in [0.29, 0.717) is 0 Å². The van der Waals surface area contributed by atoms with Crippen LogP contribution in [0.4, 0.5) is 0 Å². The van der Waals surface area contributed by atoms with E-state index in [2.05, 4.69) is 4.74 Å². The first-order valence-electron chi connectivity index (χ1n) is 5.19. The molecule has 1 aliphatic heterocycles. The van der Waals surface area contributed by atoms with Crippen molar-refractivity contribution in [3.8, 4) is 0 Å². The number of ether oxygens (including phenoxy) is 1. The molecule has 0 aromatic heterocycles. The fraction of sp³-hybridized carbons (Fsp3) is 0.889. The van der Waals surface area contributed by atoms with Gasteiger partial charge in [-0.05, 0) is 0 Å². The van der Waals surface area contributed by atoms with Crippen molar-refractivity contribution in [2.24, 2.45) is 0 Å². The van der Waals surface area contributed by atoms with Crippen molar-refractivity contribution in [2.45, 2.75) is 42.7 Å². The van der Waals surface area contributed by atoms with Crippen LogP contribution < -0.4 is 0 Å². The molecule has 0 radical (unpaired) electrons. The Morgan fingerprint density at radius 1 is 1.39 bits per heavy atom. The third kappa shape index (κ3) is 2.78. The number of aliphatic hydroxyl groups excluding tert-OH is 5. The molecule has 0 aromatic carbocycles. The molecule has 0 unspecified atom stereocenters. The molecule has 7 N–H and O–H groups in total. The summed E-state index contributed by atoms with van der Waals surface area (Å²) in [7, 11) is 0. The third-order valence-electron chi connectivity index (χ3n) is 2.80. The normalized spacial score (nSPS) is 40.2. The molecule has 0 bridgehead atoms. The van der Waals surface area contributed by atoms with Crippen LogP contribution in [0, 0.1) is 0 Å². The van der Waals surface area contributed by atoms with E-state index in [1.807, 2.05) is 0 Å². The highest BCUT2D eigenvalue weighted by molar-refractivity contribution is 5.75. The minimum atomic E-state index is -2.78. The molecule has 9 heteroatoms. The SMILES string of the molecule is O=C(O)[C@@]1(O)C[C@@H](O)[C@H](O)[C@@H]([C@H](O)[C@@H](O)CO)O1. The van der Waals surface area contributed by atoms with Gasteiger partial charge in [0, 0.05) is 6.42 Å². The number of aliphatic carboxylic acids is 1. The lowest BCUT2D eigenvalue weighted by Crippen LogP contribution is -2.63. The summed E-state index contributed by atoms with van der Waals surface area (Å²) >= 11 is 0. The first-order chi connectivity index (χ1) is 8.23. The van der Waals surface area contributed by atoms with Gasteiger partial charge in [-0.15, -0.1) is 0 Å². The number of hydrogen-bond acceptors (Lipinski definition) is 8. The van der Waals surface area contributed by atoms with E-state index in [0.717, 1.165) is 0 Å². The maximum atomic E-state index is 10.8. The van der Waals surface area contributed by atoms with Crippen molar-refractivity contribution in [2.75, 3.05) is 6.61 Å². The molecule has 106 valence electrons. The largest absolute Gasteiger partial charge is 0.477 e. The van der Waals surface area contributed by atoms with E-state index >= 15 is 0 Å². The van der Waals surface area contributed by atoms with Crippen molar-refractivity contribution in [1.29, 1.82) is 0 Å². The second-order valence-corrected chi connectivity index (χ2v) is 4.17. The van der Waals surface area contributed by atoms with Crippen molar-refractivity contribution in [3.05, 3.63) is 0 Å². The van der Waals surface area contributed by atoms with Gasteiger partial charge in [0.25, 0.3) is 5.79 Å².